The lowest BCUT2D eigenvalue weighted by Gasteiger charge is -2.33. The summed E-state index contributed by atoms with van der Waals surface area (Å²) < 4.78 is 19.1. The van der Waals surface area contributed by atoms with E-state index in [1.807, 2.05) is 6.92 Å². The first-order chi connectivity index (χ1) is 11.0. The van der Waals surface area contributed by atoms with Gasteiger partial charge in [-0.05, 0) is 25.1 Å². The van der Waals surface area contributed by atoms with E-state index in [1.54, 1.807) is 11.0 Å². The number of piperazine rings is 1. The van der Waals surface area contributed by atoms with Crippen LogP contribution in [0.1, 0.15) is 17.4 Å². The minimum atomic E-state index is -0.452. The molecule has 0 atom stereocenters. The first-order valence-electron chi connectivity index (χ1n) is 7.47. The summed E-state index contributed by atoms with van der Waals surface area (Å²) >= 11 is 0. The number of amides is 2. The number of halogens is 1. The second-order valence-corrected chi connectivity index (χ2v) is 5.42. The van der Waals surface area contributed by atoms with Gasteiger partial charge in [0.25, 0.3) is 5.91 Å². The number of rotatable bonds is 3. The Kier molecular flexibility index (Phi) is 3.94. The topological polar surface area (TPSA) is 65.6 Å². The molecule has 0 unspecified atom stereocenters. The summed E-state index contributed by atoms with van der Waals surface area (Å²) in [6.07, 6.45) is 0. The zero-order valence-electron chi connectivity index (χ0n) is 13.1. The molecule has 122 valence electrons. The lowest BCUT2D eigenvalue weighted by atomic mass is 10.2. The molecule has 2 aromatic rings. The molecule has 1 aliphatic heterocycles. The number of carbonyl (C=O) groups is 2. The predicted octanol–water partition coefficient (Wildman–Crippen LogP) is 1.62. The van der Waals surface area contributed by atoms with Gasteiger partial charge in [0, 0.05) is 25.0 Å². The lowest BCUT2D eigenvalue weighted by Crippen LogP contribution is -2.52. The Morgan fingerprint density at radius 3 is 2.83 bits per heavy atom. The molecular formula is C16H18FN3O3. The second-order valence-electron chi connectivity index (χ2n) is 5.42. The van der Waals surface area contributed by atoms with Crippen LogP contribution in [0.2, 0.25) is 0 Å². The van der Waals surface area contributed by atoms with E-state index in [2.05, 4.69) is 4.98 Å². The fraction of sp³-hybridized carbons (Fsp3) is 0.375. The van der Waals surface area contributed by atoms with Crippen LogP contribution in [-0.2, 0) is 4.79 Å². The summed E-state index contributed by atoms with van der Waals surface area (Å²) in [5.41, 5.74) is 0.479. The summed E-state index contributed by atoms with van der Waals surface area (Å²) in [7, 11) is 1.49. The minimum Gasteiger partial charge on any atom is -0.496 e. The molecule has 2 heterocycles. The second kappa shape index (κ2) is 5.91. The van der Waals surface area contributed by atoms with E-state index in [-0.39, 0.29) is 29.6 Å². The number of aromatic nitrogens is 1. The van der Waals surface area contributed by atoms with Gasteiger partial charge in [0.2, 0.25) is 5.91 Å². The number of methoxy groups -OCH3 is 1. The normalized spacial score (nSPS) is 15.3. The third-order valence-electron chi connectivity index (χ3n) is 4.14. The largest absolute Gasteiger partial charge is 0.496 e. The molecule has 1 aliphatic rings. The molecule has 1 aromatic carbocycles. The molecule has 6 nitrogen and oxygen atoms in total. The summed E-state index contributed by atoms with van der Waals surface area (Å²) in [6.45, 7) is 3.56. The quantitative estimate of drug-likeness (QED) is 0.935. The summed E-state index contributed by atoms with van der Waals surface area (Å²) in [6, 6.07) is 4.37. The number of H-pyrrole nitrogens is 1. The van der Waals surface area contributed by atoms with Crippen LogP contribution in [0.5, 0.6) is 5.75 Å². The summed E-state index contributed by atoms with van der Waals surface area (Å²) in [4.78, 5) is 30.5. The Bertz CT molecular complexity index is 771. The van der Waals surface area contributed by atoms with Gasteiger partial charge in [0.15, 0.2) is 0 Å². The van der Waals surface area contributed by atoms with Gasteiger partial charge in [0.05, 0.1) is 12.6 Å². The molecular weight excluding hydrogens is 301 g/mol. The van der Waals surface area contributed by atoms with E-state index in [9.17, 15) is 14.0 Å². The van der Waals surface area contributed by atoms with Gasteiger partial charge in [-0.3, -0.25) is 9.59 Å². The Balaban J connectivity index is 1.90. The van der Waals surface area contributed by atoms with Gasteiger partial charge in [0.1, 0.15) is 23.8 Å². The van der Waals surface area contributed by atoms with Crippen molar-refractivity contribution in [3.8, 4) is 5.75 Å². The van der Waals surface area contributed by atoms with E-state index in [4.69, 9.17) is 4.74 Å². The molecule has 7 heteroatoms. The fourth-order valence-electron chi connectivity index (χ4n) is 2.84. The number of benzene rings is 1. The zero-order valence-corrected chi connectivity index (χ0v) is 13.1. The maximum Gasteiger partial charge on any atom is 0.270 e. The molecule has 0 bridgehead atoms. The average molecular weight is 319 g/mol. The Morgan fingerprint density at radius 1 is 1.39 bits per heavy atom. The van der Waals surface area contributed by atoms with Crippen LogP contribution in [0, 0.1) is 5.82 Å². The molecule has 0 spiro atoms. The number of aromatic amines is 1. The third-order valence-corrected chi connectivity index (χ3v) is 4.14. The van der Waals surface area contributed by atoms with Gasteiger partial charge in [-0.25, -0.2) is 4.39 Å². The van der Waals surface area contributed by atoms with Crippen molar-refractivity contribution in [3.63, 3.8) is 0 Å². The van der Waals surface area contributed by atoms with Crippen molar-refractivity contribution < 1.29 is 18.7 Å². The first kappa shape index (κ1) is 15.3. The molecule has 0 aliphatic carbocycles. The third kappa shape index (κ3) is 2.62. The highest BCUT2D eigenvalue weighted by molar-refractivity contribution is 6.01. The molecule has 1 N–H and O–H groups in total. The number of nitrogens with one attached hydrogen (secondary N) is 1. The smallest absolute Gasteiger partial charge is 0.270 e. The number of likely N-dealkylation sites (N-methyl/N-ethyl adjacent to an activating group) is 1. The predicted molar refractivity (Wildman–Crippen MR) is 83.0 cm³/mol. The van der Waals surface area contributed by atoms with Crippen molar-refractivity contribution in [3.05, 3.63) is 29.7 Å². The molecule has 23 heavy (non-hydrogen) atoms. The maximum atomic E-state index is 13.9. The molecule has 3 rings (SSSR count). The molecule has 0 saturated carbocycles. The average Bonchev–Trinajstić information content (AvgIpc) is 3.00. The monoisotopic (exact) mass is 319 g/mol. The maximum absolute atomic E-state index is 13.9. The van der Waals surface area contributed by atoms with Crippen molar-refractivity contribution in [2.75, 3.05) is 33.3 Å². The highest BCUT2D eigenvalue weighted by Gasteiger charge is 2.28. The molecule has 1 fully saturated rings. The number of hydrogen-bond donors (Lipinski definition) is 1. The number of fused-ring (bicyclic) bond motifs is 1. The van der Waals surface area contributed by atoms with E-state index in [1.165, 1.54) is 24.1 Å². The van der Waals surface area contributed by atoms with Crippen molar-refractivity contribution in [1.29, 1.82) is 0 Å². The minimum absolute atomic E-state index is 0.0433. The van der Waals surface area contributed by atoms with E-state index in [0.29, 0.717) is 30.8 Å². The van der Waals surface area contributed by atoms with Gasteiger partial charge in [-0.1, -0.05) is 0 Å². The van der Waals surface area contributed by atoms with Crippen molar-refractivity contribution in [2.24, 2.45) is 0 Å². The van der Waals surface area contributed by atoms with Crippen LogP contribution in [0.3, 0.4) is 0 Å². The Labute approximate surface area is 132 Å². The van der Waals surface area contributed by atoms with Gasteiger partial charge in [-0.2, -0.15) is 0 Å². The van der Waals surface area contributed by atoms with Crippen molar-refractivity contribution in [2.45, 2.75) is 6.92 Å². The van der Waals surface area contributed by atoms with Crippen LogP contribution in [0.4, 0.5) is 4.39 Å². The van der Waals surface area contributed by atoms with Gasteiger partial charge >= 0.3 is 0 Å². The Hall–Kier alpha value is -2.57. The highest BCUT2D eigenvalue weighted by atomic mass is 19.1. The number of hydrogen-bond acceptors (Lipinski definition) is 3. The van der Waals surface area contributed by atoms with Crippen molar-refractivity contribution >= 4 is 22.7 Å². The van der Waals surface area contributed by atoms with E-state index in [0.717, 1.165) is 0 Å². The first-order valence-corrected chi connectivity index (χ1v) is 7.47. The van der Waals surface area contributed by atoms with Crippen LogP contribution < -0.4 is 4.74 Å². The fourth-order valence-corrected chi connectivity index (χ4v) is 2.84. The molecule has 0 radical (unpaired) electrons. The Morgan fingerprint density at radius 2 is 2.17 bits per heavy atom. The van der Waals surface area contributed by atoms with Crippen LogP contribution >= 0.6 is 0 Å². The molecule has 1 saturated heterocycles. The lowest BCUT2D eigenvalue weighted by molar-refractivity contribution is -0.134. The van der Waals surface area contributed by atoms with Gasteiger partial charge < -0.3 is 19.5 Å². The van der Waals surface area contributed by atoms with Crippen LogP contribution in [-0.4, -0.2) is 59.9 Å². The van der Waals surface area contributed by atoms with E-state index >= 15 is 0 Å². The number of carbonyl (C=O) groups excluding carboxylic acids is 2. The van der Waals surface area contributed by atoms with Crippen LogP contribution in [0.25, 0.3) is 10.9 Å². The summed E-state index contributed by atoms with van der Waals surface area (Å²) in [5.74, 6) is -0.353. The van der Waals surface area contributed by atoms with Crippen molar-refractivity contribution in [1.82, 2.24) is 14.8 Å². The zero-order chi connectivity index (χ0) is 16.6. The molecule has 2 amide bonds. The highest BCUT2D eigenvalue weighted by Crippen LogP contribution is 2.28. The number of ether oxygens (including phenoxy) is 1. The molecule has 1 aromatic heterocycles. The standard InChI is InChI=1S/C16H18FN3O3/c1-3-19-6-7-20(9-14(19)21)16(22)12-8-10-13(23-2)5-4-11(17)15(10)18-12/h4-5,8,18H,3,6-7,9H2,1-2H3. The number of nitrogens with zero attached hydrogens (tertiary/aromatic N) is 2. The van der Waals surface area contributed by atoms with Gasteiger partial charge in [-0.15, -0.1) is 0 Å². The summed E-state index contributed by atoms with van der Waals surface area (Å²) in [5, 5.41) is 0.509. The SMILES string of the molecule is CCN1CCN(C(=O)c2cc3c(OC)ccc(F)c3[nH]2)CC1=O. The van der Waals surface area contributed by atoms with E-state index < -0.39 is 5.82 Å². The van der Waals surface area contributed by atoms with Crippen LogP contribution in [0.15, 0.2) is 18.2 Å².